The molecule has 0 aliphatic carbocycles. The van der Waals surface area contributed by atoms with Crippen molar-refractivity contribution in [2.45, 2.75) is 39.2 Å². The van der Waals surface area contributed by atoms with Crippen molar-refractivity contribution in [3.05, 3.63) is 66.3 Å². The molecule has 1 aromatic rings. The molecule has 1 rings (SSSR count). The number of benzene rings is 1. The number of esters is 1. The Labute approximate surface area is 127 Å². The summed E-state index contributed by atoms with van der Waals surface area (Å²) in [6.07, 6.45) is 8.63. The van der Waals surface area contributed by atoms with Gasteiger partial charge in [0, 0.05) is 6.08 Å². The molecule has 0 unspecified atom stereocenters. The van der Waals surface area contributed by atoms with E-state index in [0.29, 0.717) is 0 Å². The highest BCUT2D eigenvalue weighted by Crippen LogP contribution is 2.20. The summed E-state index contributed by atoms with van der Waals surface area (Å²) < 4.78 is 5.52. The molecule has 0 bridgehead atoms. The summed E-state index contributed by atoms with van der Waals surface area (Å²) in [7, 11) is 0. The summed E-state index contributed by atoms with van der Waals surface area (Å²) in [4.78, 5) is 11.9. The molecule has 21 heavy (non-hydrogen) atoms. The molecule has 0 saturated heterocycles. The van der Waals surface area contributed by atoms with Crippen molar-refractivity contribution in [3.8, 4) is 0 Å². The molecule has 0 heterocycles. The third-order valence-electron chi connectivity index (χ3n) is 3.17. The van der Waals surface area contributed by atoms with Crippen LogP contribution >= 0.6 is 0 Å². The minimum Gasteiger partial charge on any atom is -0.452 e. The number of rotatable bonds is 7. The molecule has 2 heteroatoms. The third kappa shape index (κ3) is 6.75. The topological polar surface area (TPSA) is 26.3 Å². The average Bonchev–Trinajstić information content (AvgIpc) is 2.46. The highest BCUT2D eigenvalue weighted by Gasteiger charge is 2.23. The Morgan fingerprint density at radius 2 is 1.95 bits per heavy atom. The van der Waals surface area contributed by atoms with Crippen LogP contribution in [0.1, 0.15) is 39.2 Å². The maximum atomic E-state index is 11.9. The molecule has 0 saturated carbocycles. The first-order valence-electron chi connectivity index (χ1n) is 7.18. The van der Waals surface area contributed by atoms with Crippen molar-refractivity contribution in [3.63, 3.8) is 0 Å². The lowest BCUT2D eigenvalue weighted by atomic mass is 9.99. The zero-order valence-electron chi connectivity index (χ0n) is 13.1. The predicted octanol–water partition coefficient (Wildman–Crippen LogP) is 4.93. The van der Waals surface area contributed by atoms with Crippen LogP contribution in [0.3, 0.4) is 0 Å². The first kappa shape index (κ1) is 17.0. The van der Waals surface area contributed by atoms with E-state index in [4.69, 9.17) is 4.74 Å². The van der Waals surface area contributed by atoms with E-state index in [0.717, 1.165) is 18.4 Å². The van der Waals surface area contributed by atoms with Gasteiger partial charge in [-0.15, -0.1) is 0 Å². The second-order valence-electron chi connectivity index (χ2n) is 5.50. The van der Waals surface area contributed by atoms with E-state index in [-0.39, 0.29) is 5.97 Å². The summed E-state index contributed by atoms with van der Waals surface area (Å²) >= 11 is 0. The quantitative estimate of drug-likeness (QED) is 0.403. The number of ether oxygens (including phenoxy) is 1. The van der Waals surface area contributed by atoms with Gasteiger partial charge in [-0.1, -0.05) is 48.6 Å². The molecule has 1 atom stereocenters. The fourth-order valence-electron chi connectivity index (χ4n) is 1.83. The smallest absolute Gasteiger partial charge is 0.331 e. The van der Waals surface area contributed by atoms with E-state index >= 15 is 0 Å². The van der Waals surface area contributed by atoms with Crippen LogP contribution in [0.4, 0.5) is 0 Å². The van der Waals surface area contributed by atoms with Crippen LogP contribution < -0.4 is 0 Å². The van der Waals surface area contributed by atoms with Crippen LogP contribution in [-0.2, 0) is 9.53 Å². The van der Waals surface area contributed by atoms with Gasteiger partial charge in [0.05, 0.1) is 0 Å². The monoisotopic (exact) mass is 284 g/mol. The summed E-state index contributed by atoms with van der Waals surface area (Å²) in [5.74, 6) is -0.349. The zero-order chi connectivity index (χ0) is 15.7. The van der Waals surface area contributed by atoms with Crippen LogP contribution in [0.15, 0.2) is 60.7 Å². The second-order valence-corrected chi connectivity index (χ2v) is 5.50. The Morgan fingerprint density at radius 3 is 2.52 bits per heavy atom. The van der Waals surface area contributed by atoms with Gasteiger partial charge >= 0.3 is 5.97 Å². The number of carbonyl (C=O) groups is 1. The molecule has 0 spiro atoms. The minimum absolute atomic E-state index is 0.349. The molecular formula is C19H24O2. The van der Waals surface area contributed by atoms with E-state index in [2.05, 4.69) is 26.5 Å². The van der Waals surface area contributed by atoms with Crippen molar-refractivity contribution in [2.75, 3.05) is 0 Å². The van der Waals surface area contributed by atoms with Gasteiger partial charge in [0.1, 0.15) is 5.60 Å². The lowest BCUT2D eigenvalue weighted by Gasteiger charge is -2.25. The summed E-state index contributed by atoms with van der Waals surface area (Å²) in [5, 5.41) is 0. The largest absolute Gasteiger partial charge is 0.452 e. The molecule has 0 aliphatic rings. The van der Waals surface area contributed by atoms with Gasteiger partial charge in [-0.3, -0.25) is 0 Å². The lowest BCUT2D eigenvalue weighted by Crippen LogP contribution is -2.28. The van der Waals surface area contributed by atoms with Crippen molar-refractivity contribution in [1.29, 1.82) is 0 Å². The molecule has 0 radical (unpaired) electrons. The fraction of sp³-hybridized carbons (Fsp3) is 0.316. The SMILES string of the molecule is C=C[C@@](C)(CCC=C(C)C)OC(=O)/C=C/c1ccccc1. The number of carbonyl (C=O) groups excluding carboxylic acids is 1. The van der Waals surface area contributed by atoms with Crippen LogP contribution in [0.2, 0.25) is 0 Å². The van der Waals surface area contributed by atoms with Crippen molar-refractivity contribution < 1.29 is 9.53 Å². The van der Waals surface area contributed by atoms with Gasteiger partial charge in [0.15, 0.2) is 0 Å². The Bertz CT molecular complexity index is 522. The molecule has 2 nitrogen and oxygen atoms in total. The Balaban J connectivity index is 2.59. The van der Waals surface area contributed by atoms with E-state index in [1.54, 1.807) is 12.2 Å². The number of allylic oxidation sites excluding steroid dienone is 2. The average molecular weight is 284 g/mol. The van der Waals surface area contributed by atoms with Crippen molar-refractivity contribution >= 4 is 12.0 Å². The molecule has 1 aromatic carbocycles. The van der Waals surface area contributed by atoms with E-state index < -0.39 is 5.60 Å². The molecule has 0 aliphatic heterocycles. The third-order valence-corrected chi connectivity index (χ3v) is 3.17. The molecule has 0 fully saturated rings. The second kappa shape index (κ2) is 8.25. The highest BCUT2D eigenvalue weighted by atomic mass is 16.6. The zero-order valence-corrected chi connectivity index (χ0v) is 13.1. The summed E-state index contributed by atoms with van der Waals surface area (Å²) in [5.41, 5.74) is 1.60. The van der Waals surface area contributed by atoms with E-state index in [9.17, 15) is 4.79 Å². The first-order chi connectivity index (χ1) is 9.95. The van der Waals surface area contributed by atoms with Gasteiger partial charge in [0.2, 0.25) is 0 Å². The van der Waals surface area contributed by atoms with Gasteiger partial charge < -0.3 is 4.74 Å². The van der Waals surface area contributed by atoms with Gasteiger partial charge in [-0.25, -0.2) is 4.79 Å². The molecule has 0 aromatic heterocycles. The highest BCUT2D eigenvalue weighted by molar-refractivity contribution is 5.87. The van der Waals surface area contributed by atoms with Gasteiger partial charge in [-0.05, 0) is 51.3 Å². The predicted molar refractivity (Wildman–Crippen MR) is 88.8 cm³/mol. The van der Waals surface area contributed by atoms with E-state index in [1.165, 1.54) is 11.6 Å². The number of hydrogen-bond acceptors (Lipinski definition) is 2. The van der Waals surface area contributed by atoms with Crippen LogP contribution in [0.5, 0.6) is 0 Å². The van der Waals surface area contributed by atoms with Crippen LogP contribution in [0, 0.1) is 0 Å². The molecular weight excluding hydrogens is 260 g/mol. The lowest BCUT2D eigenvalue weighted by molar-refractivity contribution is -0.147. The number of hydrogen-bond donors (Lipinski definition) is 0. The van der Waals surface area contributed by atoms with Crippen LogP contribution in [0.25, 0.3) is 6.08 Å². The molecule has 0 amide bonds. The Hall–Kier alpha value is -2.09. The minimum atomic E-state index is -0.635. The maximum Gasteiger partial charge on any atom is 0.331 e. The fourth-order valence-corrected chi connectivity index (χ4v) is 1.83. The van der Waals surface area contributed by atoms with E-state index in [1.807, 2.05) is 37.3 Å². The standard InChI is InChI=1S/C19H24O2/c1-5-19(4,15-9-10-16(2)3)21-18(20)14-13-17-11-7-6-8-12-17/h5-8,10-14H,1,9,15H2,2-4H3/b14-13+/t19-/m0/s1. The van der Waals surface area contributed by atoms with Gasteiger partial charge in [0.25, 0.3) is 0 Å². The van der Waals surface area contributed by atoms with Crippen molar-refractivity contribution in [2.24, 2.45) is 0 Å². The summed E-state index contributed by atoms with van der Waals surface area (Å²) in [6, 6.07) is 9.67. The van der Waals surface area contributed by atoms with Crippen molar-refractivity contribution in [1.82, 2.24) is 0 Å². The normalized spacial score (nSPS) is 13.5. The first-order valence-corrected chi connectivity index (χ1v) is 7.18. The molecule has 0 N–H and O–H groups in total. The van der Waals surface area contributed by atoms with Gasteiger partial charge in [-0.2, -0.15) is 0 Å². The maximum absolute atomic E-state index is 11.9. The Kier molecular flexibility index (Phi) is 6.67. The molecule has 112 valence electrons. The van der Waals surface area contributed by atoms with Crippen LogP contribution in [-0.4, -0.2) is 11.6 Å². The summed E-state index contributed by atoms with van der Waals surface area (Å²) in [6.45, 7) is 9.77. The Morgan fingerprint density at radius 1 is 1.29 bits per heavy atom.